The molecule has 0 saturated carbocycles. The smallest absolute Gasteiger partial charge is 0.122 e. The van der Waals surface area contributed by atoms with E-state index in [9.17, 15) is 10.2 Å². The van der Waals surface area contributed by atoms with E-state index >= 15 is 0 Å². The Kier molecular flexibility index (Phi) is 4.32. The maximum Gasteiger partial charge on any atom is 0.122 e. The number of aliphatic hydroxyl groups is 1. The minimum atomic E-state index is -0.201. The molecule has 0 aliphatic carbocycles. The lowest BCUT2D eigenvalue weighted by Gasteiger charge is -2.36. The van der Waals surface area contributed by atoms with E-state index in [0.717, 1.165) is 30.8 Å². The van der Waals surface area contributed by atoms with Gasteiger partial charge in [0.05, 0.1) is 6.10 Å². The predicted molar refractivity (Wildman–Crippen MR) is 77.6 cm³/mol. The van der Waals surface area contributed by atoms with Crippen LogP contribution in [0.4, 0.5) is 5.69 Å². The highest BCUT2D eigenvalue weighted by Crippen LogP contribution is 2.31. The van der Waals surface area contributed by atoms with Gasteiger partial charge in [0.15, 0.2) is 0 Å². The van der Waals surface area contributed by atoms with Gasteiger partial charge in [0.25, 0.3) is 0 Å². The standard InChI is InChI=1S/C15H24N2O2/c1-10-9-17(7-6-14(10)18)12-4-5-13(11(2)16-3)15(19)8-12/h4-5,8,10-11,14,16,18-19H,6-7,9H2,1-3H3. The number of hydrogen-bond acceptors (Lipinski definition) is 4. The Morgan fingerprint density at radius 2 is 2.16 bits per heavy atom. The van der Waals surface area contributed by atoms with Crippen LogP contribution in [0.5, 0.6) is 5.75 Å². The van der Waals surface area contributed by atoms with Crippen LogP contribution in [0.1, 0.15) is 31.9 Å². The molecule has 1 saturated heterocycles. The lowest BCUT2D eigenvalue weighted by atomic mass is 9.96. The maximum absolute atomic E-state index is 10.1. The third-order valence-corrected chi connectivity index (χ3v) is 4.14. The summed E-state index contributed by atoms with van der Waals surface area (Å²) < 4.78 is 0. The van der Waals surface area contributed by atoms with Crippen molar-refractivity contribution in [3.05, 3.63) is 23.8 Å². The molecule has 0 radical (unpaired) electrons. The molecule has 0 bridgehead atoms. The number of aromatic hydroxyl groups is 1. The summed E-state index contributed by atoms with van der Waals surface area (Å²) in [7, 11) is 1.88. The summed E-state index contributed by atoms with van der Waals surface area (Å²) in [4.78, 5) is 2.23. The van der Waals surface area contributed by atoms with Crippen molar-refractivity contribution in [1.29, 1.82) is 0 Å². The molecular formula is C15H24N2O2. The molecule has 2 rings (SSSR count). The van der Waals surface area contributed by atoms with Crippen LogP contribution in [-0.2, 0) is 0 Å². The first-order valence-electron chi connectivity index (χ1n) is 6.96. The van der Waals surface area contributed by atoms with Crippen LogP contribution in [0.2, 0.25) is 0 Å². The van der Waals surface area contributed by atoms with Gasteiger partial charge in [-0.1, -0.05) is 13.0 Å². The lowest BCUT2D eigenvalue weighted by Crippen LogP contribution is -2.41. The molecule has 0 aromatic heterocycles. The third-order valence-electron chi connectivity index (χ3n) is 4.14. The maximum atomic E-state index is 10.1. The molecule has 0 spiro atoms. The number of phenols is 1. The summed E-state index contributed by atoms with van der Waals surface area (Å²) in [5, 5.41) is 23.0. The Labute approximate surface area is 115 Å². The molecule has 1 aliphatic rings. The second-order valence-corrected chi connectivity index (χ2v) is 5.53. The fraction of sp³-hybridized carbons (Fsp3) is 0.600. The quantitative estimate of drug-likeness (QED) is 0.780. The Morgan fingerprint density at radius 3 is 2.74 bits per heavy atom. The van der Waals surface area contributed by atoms with E-state index in [1.807, 2.05) is 32.2 Å². The summed E-state index contributed by atoms with van der Waals surface area (Å²) in [5.74, 6) is 0.602. The van der Waals surface area contributed by atoms with E-state index in [2.05, 4.69) is 17.1 Å². The van der Waals surface area contributed by atoms with Crippen LogP contribution in [0.15, 0.2) is 18.2 Å². The number of anilines is 1. The zero-order chi connectivity index (χ0) is 14.0. The van der Waals surface area contributed by atoms with Crippen molar-refractivity contribution in [1.82, 2.24) is 5.32 Å². The van der Waals surface area contributed by atoms with Crippen LogP contribution < -0.4 is 10.2 Å². The predicted octanol–water partition coefficient (Wildman–Crippen LogP) is 1.88. The van der Waals surface area contributed by atoms with Crippen LogP contribution in [0, 0.1) is 5.92 Å². The Bertz CT molecular complexity index is 436. The molecule has 1 heterocycles. The van der Waals surface area contributed by atoms with Gasteiger partial charge in [-0.2, -0.15) is 0 Å². The Morgan fingerprint density at radius 1 is 1.42 bits per heavy atom. The lowest BCUT2D eigenvalue weighted by molar-refractivity contribution is 0.0971. The van der Waals surface area contributed by atoms with E-state index in [-0.39, 0.29) is 18.1 Å². The molecule has 0 amide bonds. The second kappa shape index (κ2) is 5.80. The van der Waals surface area contributed by atoms with Crippen molar-refractivity contribution in [2.24, 2.45) is 5.92 Å². The molecule has 3 atom stereocenters. The molecule has 19 heavy (non-hydrogen) atoms. The van der Waals surface area contributed by atoms with Gasteiger partial charge in [-0.25, -0.2) is 0 Å². The number of nitrogens with zero attached hydrogens (tertiary/aromatic N) is 1. The van der Waals surface area contributed by atoms with Gasteiger partial charge in [-0.3, -0.25) is 0 Å². The monoisotopic (exact) mass is 264 g/mol. The van der Waals surface area contributed by atoms with Crippen LogP contribution in [0.3, 0.4) is 0 Å². The Hall–Kier alpha value is -1.26. The highest BCUT2D eigenvalue weighted by Gasteiger charge is 2.24. The SMILES string of the molecule is CNC(C)c1ccc(N2CCC(O)C(C)C2)cc1O. The number of hydrogen-bond donors (Lipinski definition) is 3. The largest absolute Gasteiger partial charge is 0.508 e. The first kappa shape index (κ1) is 14.2. The molecule has 4 nitrogen and oxygen atoms in total. The molecule has 1 aromatic carbocycles. The summed E-state index contributed by atoms with van der Waals surface area (Å²) >= 11 is 0. The molecule has 106 valence electrons. The first-order chi connectivity index (χ1) is 9.02. The van der Waals surface area contributed by atoms with Crippen LogP contribution in [-0.4, -0.2) is 36.5 Å². The van der Waals surface area contributed by atoms with E-state index in [4.69, 9.17) is 0 Å². The highest BCUT2D eigenvalue weighted by atomic mass is 16.3. The molecule has 3 N–H and O–H groups in total. The van der Waals surface area contributed by atoms with E-state index in [1.165, 1.54) is 0 Å². The number of aliphatic hydroxyl groups excluding tert-OH is 1. The summed E-state index contributed by atoms with van der Waals surface area (Å²) in [6.07, 6.45) is 0.588. The molecule has 1 aliphatic heterocycles. The van der Waals surface area contributed by atoms with Gasteiger partial charge in [0.2, 0.25) is 0 Å². The normalized spacial score (nSPS) is 25.4. The third kappa shape index (κ3) is 3.01. The van der Waals surface area contributed by atoms with Crippen LogP contribution >= 0.6 is 0 Å². The minimum Gasteiger partial charge on any atom is -0.508 e. The molecular weight excluding hydrogens is 240 g/mol. The number of benzene rings is 1. The number of phenolic OH excluding ortho intramolecular Hbond substituents is 1. The number of nitrogens with one attached hydrogen (secondary N) is 1. The summed E-state index contributed by atoms with van der Waals surface area (Å²) in [6.45, 7) is 5.76. The van der Waals surface area contributed by atoms with Crippen molar-refractivity contribution in [2.75, 3.05) is 25.0 Å². The summed E-state index contributed by atoms with van der Waals surface area (Å²) in [6, 6.07) is 5.98. The first-order valence-corrected chi connectivity index (χ1v) is 6.96. The molecule has 4 heteroatoms. The van der Waals surface area contributed by atoms with Gasteiger partial charge in [-0.05, 0) is 32.4 Å². The van der Waals surface area contributed by atoms with Crippen molar-refractivity contribution in [2.45, 2.75) is 32.4 Å². The van der Waals surface area contributed by atoms with Crippen molar-refractivity contribution >= 4 is 5.69 Å². The Balaban J connectivity index is 2.16. The van der Waals surface area contributed by atoms with E-state index in [1.54, 1.807) is 0 Å². The topological polar surface area (TPSA) is 55.7 Å². The average Bonchev–Trinajstić information content (AvgIpc) is 2.41. The van der Waals surface area contributed by atoms with Crippen molar-refractivity contribution in [3.8, 4) is 5.75 Å². The van der Waals surface area contributed by atoms with Gasteiger partial charge >= 0.3 is 0 Å². The fourth-order valence-corrected chi connectivity index (χ4v) is 2.62. The minimum absolute atomic E-state index is 0.135. The zero-order valence-electron chi connectivity index (χ0n) is 11.9. The van der Waals surface area contributed by atoms with E-state index in [0.29, 0.717) is 5.75 Å². The molecule has 1 aromatic rings. The van der Waals surface area contributed by atoms with E-state index < -0.39 is 0 Å². The zero-order valence-corrected chi connectivity index (χ0v) is 11.9. The average molecular weight is 264 g/mol. The number of piperidine rings is 1. The van der Waals surface area contributed by atoms with Crippen molar-refractivity contribution in [3.63, 3.8) is 0 Å². The molecule has 3 unspecified atom stereocenters. The van der Waals surface area contributed by atoms with Crippen LogP contribution in [0.25, 0.3) is 0 Å². The van der Waals surface area contributed by atoms with Gasteiger partial charge in [-0.15, -0.1) is 0 Å². The molecule has 1 fully saturated rings. The van der Waals surface area contributed by atoms with Gasteiger partial charge in [0.1, 0.15) is 5.75 Å². The number of rotatable bonds is 3. The van der Waals surface area contributed by atoms with Gasteiger partial charge in [0, 0.05) is 36.4 Å². The fourth-order valence-electron chi connectivity index (χ4n) is 2.62. The van der Waals surface area contributed by atoms with Crippen molar-refractivity contribution < 1.29 is 10.2 Å². The highest BCUT2D eigenvalue weighted by molar-refractivity contribution is 5.54. The second-order valence-electron chi connectivity index (χ2n) is 5.53. The van der Waals surface area contributed by atoms with Gasteiger partial charge < -0.3 is 20.4 Å². The summed E-state index contributed by atoms with van der Waals surface area (Å²) in [5.41, 5.74) is 1.94.